The summed E-state index contributed by atoms with van der Waals surface area (Å²) in [6.45, 7) is 8.65. The number of hydrogen-bond acceptors (Lipinski definition) is 15. The summed E-state index contributed by atoms with van der Waals surface area (Å²) in [5.41, 5.74) is 54.6. The van der Waals surface area contributed by atoms with Crippen LogP contribution in [0.2, 0.25) is 0 Å². The molecule has 688 valence electrons. The Labute approximate surface area is 802 Å². The van der Waals surface area contributed by atoms with E-state index < -0.39 is 30.2 Å². The first-order chi connectivity index (χ1) is 66.5. The van der Waals surface area contributed by atoms with E-state index in [1.807, 2.05) is 212 Å². The fraction of sp³-hybridized carbons (Fsp3) is 0.179. The van der Waals surface area contributed by atoms with Crippen molar-refractivity contribution in [3.05, 3.63) is 477 Å². The van der Waals surface area contributed by atoms with Gasteiger partial charge < -0.3 is 53.6 Å². The molecule has 0 spiro atoms. The van der Waals surface area contributed by atoms with Crippen LogP contribution in [0.3, 0.4) is 0 Å². The smallest absolute Gasteiger partial charge is 0.154 e. The lowest BCUT2D eigenvalue weighted by Gasteiger charge is -2.18. The van der Waals surface area contributed by atoms with Crippen molar-refractivity contribution < 1.29 is 24.0 Å². The van der Waals surface area contributed by atoms with Crippen molar-refractivity contribution in [3.63, 3.8) is 0 Å². The molecule has 20 nitrogen and oxygen atoms in total. The highest BCUT2D eigenvalue weighted by molar-refractivity contribution is 5.89. The molecule has 0 fully saturated rings. The standard InChI is InChI=1S/C27H25N3O.C25H27N3O.C22H21N3O.C22H23N3O.C21H19N3O/c28-26(17-25-18-29-19-30-25)27(31)16-22-10-8-20(9-11-22)6-7-21-12-14-24(15-13-21)23-4-2-1-3-5-23;1-25(2,3)21-12-10-19(11-13-21)5-4-18-6-8-20(9-7-18)14-24(29)23(26)15-22-16-27-17-28-22;1-16-2-4-17(5-3-16)6-7-18-8-10-19(11-9-18)12-22(26)21(23)13-20-14-24-15-25-20;23-21(14-20-15-24-16-25-20)22(26)13-19-11-9-18(10-12-19)8-4-7-17-5-2-1-3-6-17;22-20(13-19-14-23-15-24-19)21(25)12-18-10-8-17(9-11-18)7-6-16-4-2-1-3-5-16/h1-15,18-19,26H,16-17,28H2,(H,29,30);6-13,16-17,23H,14-15,26H2,1-3H3,(H,27,28);2-5,8-11,14-15,21H,12-13,23H2,1H3,(H,24,25);1-6,8-12,15-16,21H,7,13-14,23H2,(H,24,25);1-5,8-11,14-15,20H,12-13,22H2,(H,23,24)/b7-6+;;;8-4+;/t26-;23-;2*21-;20-/m00000/s1. The van der Waals surface area contributed by atoms with E-state index in [4.69, 9.17) is 28.7 Å². The van der Waals surface area contributed by atoms with Crippen molar-refractivity contribution in [2.24, 2.45) is 28.7 Å². The molecule has 0 aliphatic rings. The van der Waals surface area contributed by atoms with Crippen LogP contribution in [0.1, 0.15) is 144 Å². The third kappa shape index (κ3) is 34.7. The Kier molecular flexibility index (Phi) is 38.1. The molecule has 0 saturated carbocycles. The van der Waals surface area contributed by atoms with Gasteiger partial charge in [0.25, 0.3) is 0 Å². The number of H-pyrrole nitrogens is 5. The Bertz CT molecular complexity index is 6650. The molecule has 5 heterocycles. The van der Waals surface area contributed by atoms with Crippen LogP contribution in [-0.4, -0.2) is 109 Å². The predicted molar refractivity (Wildman–Crippen MR) is 548 cm³/mol. The van der Waals surface area contributed by atoms with Crippen molar-refractivity contribution in [2.75, 3.05) is 0 Å². The lowest BCUT2D eigenvalue weighted by molar-refractivity contribution is -0.120. The SMILES string of the molecule is CC(C)(C)c1ccc(C#Cc2ccc(CC(=O)[C@@H](N)Cc3cnc[nH]3)cc2)cc1.Cc1ccc(C#Cc2ccc(CC(=O)[C@@H](N)Cc3cnc[nH]3)cc2)cc1.N[C@@H](Cc1cnc[nH]1)C(=O)Cc1ccc(/C=C/Cc2ccccc2)cc1.N[C@@H](Cc1cnc[nH]1)C(=O)Cc1ccc(/C=C/c2ccc(-c3ccccc3)cc2)cc1.N[C@@H](Cc1cnc[nH]1)C(=O)Cc1ccc(C#Cc2ccccc2)cc1. The number of nitrogens with zero attached hydrogens (tertiary/aromatic N) is 5. The summed E-state index contributed by atoms with van der Waals surface area (Å²) in [6, 6.07) is 92.2. The van der Waals surface area contributed by atoms with E-state index in [0.29, 0.717) is 64.2 Å². The lowest BCUT2D eigenvalue weighted by atomic mass is 9.87. The molecule has 0 aliphatic heterocycles. The second kappa shape index (κ2) is 52.3. The number of benzene rings is 11. The van der Waals surface area contributed by atoms with Gasteiger partial charge in [0.05, 0.1) is 61.8 Å². The van der Waals surface area contributed by atoms with Gasteiger partial charge in [0.15, 0.2) is 28.9 Å². The molecule has 0 amide bonds. The fourth-order valence-electron chi connectivity index (χ4n) is 14.2. The van der Waals surface area contributed by atoms with E-state index in [-0.39, 0.29) is 34.3 Å². The summed E-state index contributed by atoms with van der Waals surface area (Å²) in [7, 11) is 0. The van der Waals surface area contributed by atoms with E-state index in [9.17, 15) is 24.0 Å². The third-order valence-corrected chi connectivity index (χ3v) is 22.4. The number of hydrogen-bond donors (Lipinski definition) is 10. The summed E-state index contributed by atoms with van der Waals surface area (Å²) in [6.07, 6.45) is 29.7. The quantitative estimate of drug-likeness (QED) is 0.0143. The molecule has 0 bridgehead atoms. The summed E-state index contributed by atoms with van der Waals surface area (Å²) >= 11 is 0. The topological polar surface area (TPSA) is 359 Å². The first-order valence-corrected chi connectivity index (χ1v) is 45.5. The van der Waals surface area contributed by atoms with E-state index in [1.54, 1.807) is 62.6 Å². The Morgan fingerprint density at radius 2 is 0.526 bits per heavy atom. The summed E-state index contributed by atoms with van der Waals surface area (Å²) < 4.78 is 0. The molecule has 11 aromatic carbocycles. The van der Waals surface area contributed by atoms with Crippen molar-refractivity contribution in [3.8, 4) is 46.6 Å². The second-order valence-electron chi connectivity index (χ2n) is 34.4. The largest absolute Gasteiger partial charge is 0.348 e. The molecular formula is C117H115N15O5. The maximum absolute atomic E-state index is 12.4. The maximum atomic E-state index is 12.4. The van der Waals surface area contributed by atoms with Gasteiger partial charge in [-0.3, -0.25) is 24.0 Å². The van der Waals surface area contributed by atoms with Gasteiger partial charge in [0, 0.05) is 157 Å². The second-order valence-corrected chi connectivity index (χ2v) is 34.4. The van der Waals surface area contributed by atoms with E-state index in [1.165, 1.54) is 27.8 Å². The number of Topliss-reactive ketones (excluding diaryl/α,β-unsaturated/α-hetero) is 5. The van der Waals surface area contributed by atoms with Crippen molar-refractivity contribution in [1.29, 1.82) is 0 Å². The molecular weight excluding hydrogens is 1700 g/mol. The number of ketones is 5. The molecule has 16 rings (SSSR count). The third-order valence-electron chi connectivity index (χ3n) is 22.4. The Balaban J connectivity index is 0.000000154. The minimum atomic E-state index is -0.536. The first-order valence-electron chi connectivity index (χ1n) is 45.5. The molecule has 5 aromatic heterocycles. The van der Waals surface area contributed by atoms with Gasteiger partial charge in [-0.2, -0.15) is 0 Å². The Morgan fingerprint density at radius 1 is 0.285 bits per heavy atom. The number of nitrogens with two attached hydrogens (primary N) is 5. The Morgan fingerprint density at radius 3 is 0.810 bits per heavy atom. The van der Waals surface area contributed by atoms with Crippen molar-refractivity contribution >= 4 is 47.1 Å². The molecule has 15 N–H and O–H groups in total. The zero-order chi connectivity index (χ0) is 96.4. The zero-order valence-corrected chi connectivity index (χ0v) is 77.5. The molecule has 0 saturated heterocycles. The van der Waals surface area contributed by atoms with Crippen LogP contribution < -0.4 is 28.7 Å². The lowest BCUT2D eigenvalue weighted by Crippen LogP contribution is -2.34. The van der Waals surface area contributed by atoms with Gasteiger partial charge in [-0.25, -0.2) is 24.9 Å². The highest BCUT2D eigenvalue weighted by Crippen LogP contribution is 2.24. The molecule has 0 radical (unpaired) electrons. The number of allylic oxidation sites excluding steroid dienone is 1. The zero-order valence-electron chi connectivity index (χ0n) is 77.5. The molecule has 5 atom stereocenters. The number of nitrogens with one attached hydrogen (secondary N) is 5. The predicted octanol–water partition coefficient (Wildman–Crippen LogP) is 17.4. The van der Waals surface area contributed by atoms with Gasteiger partial charge in [0.1, 0.15) is 0 Å². The van der Waals surface area contributed by atoms with Crippen LogP contribution in [0.4, 0.5) is 0 Å². The number of imidazole rings is 5. The number of carbonyl (C=O) groups excluding carboxylic acids is 5. The van der Waals surface area contributed by atoms with E-state index in [0.717, 1.165) is 113 Å². The molecule has 0 aliphatic carbocycles. The minimum absolute atomic E-state index is 0.0115. The Hall–Kier alpha value is -16.2. The number of rotatable bonds is 31. The fourth-order valence-corrected chi connectivity index (χ4v) is 14.2. The normalized spacial score (nSPS) is 11.9. The average Bonchev–Trinajstić information content (AvgIpc) is 1.55. The summed E-state index contributed by atoms with van der Waals surface area (Å²) in [5.74, 6) is 19.0. The van der Waals surface area contributed by atoms with E-state index in [2.05, 4.69) is 210 Å². The van der Waals surface area contributed by atoms with Crippen LogP contribution in [0.25, 0.3) is 29.4 Å². The van der Waals surface area contributed by atoms with Gasteiger partial charge in [-0.15, -0.1) is 0 Å². The highest BCUT2D eigenvalue weighted by atomic mass is 16.1. The summed E-state index contributed by atoms with van der Waals surface area (Å²) in [5, 5.41) is 0. The first kappa shape index (κ1) is 99.8. The molecule has 0 unspecified atom stereocenters. The highest BCUT2D eigenvalue weighted by Gasteiger charge is 2.21. The molecule has 16 aromatic rings. The number of aromatic amines is 5. The van der Waals surface area contributed by atoms with Crippen LogP contribution >= 0.6 is 0 Å². The van der Waals surface area contributed by atoms with Crippen LogP contribution in [0.15, 0.2) is 354 Å². The number of aryl methyl sites for hydroxylation is 1. The summed E-state index contributed by atoms with van der Waals surface area (Å²) in [4.78, 5) is 96.1. The number of carbonyl (C=O) groups is 5. The van der Waals surface area contributed by atoms with Gasteiger partial charge in [-0.1, -0.05) is 298 Å². The van der Waals surface area contributed by atoms with Gasteiger partial charge >= 0.3 is 0 Å². The van der Waals surface area contributed by atoms with E-state index >= 15 is 0 Å². The van der Waals surface area contributed by atoms with Crippen LogP contribution in [-0.2, 0) is 100 Å². The van der Waals surface area contributed by atoms with Crippen molar-refractivity contribution in [1.82, 2.24) is 49.8 Å². The van der Waals surface area contributed by atoms with Crippen LogP contribution in [0, 0.1) is 42.4 Å². The van der Waals surface area contributed by atoms with Gasteiger partial charge in [-0.05, 0) is 158 Å². The van der Waals surface area contributed by atoms with Gasteiger partial charge in [0.2, 0.25) is 0 Å². The van der Waals surface area contributed by atoms with Crippen LogP contribution in [0.5, 0.6) is 0 Å². The number of aromatic nitrogens is 10. The minimum Gasteiger partial charge on any atom is -0.348 e. The molecule has 137 heavy (non-hydrogen) atoms. The molecule has 20 heteroatoms. The van der Waals surface area contributed by atoms with Crippen molar-refractivity contribution in [2.45, 2.75) is 134 Å². The average molecular weight is 1810 g/mol. The maximum Gasteiger partial charge on any atom is 0.154 e. The monoisotopic (exact) mass is 1810 g/mol.